The molecule has 1 rings (SSSR count). The molecule has 1 aliphatic heterocycles. The highest BCUT2D eigenvalue weighted by Gasteiger charge is 2.34. The van der Waals surface area contributed by atoms with Crippen LogP contribution in [0.4, 0.5) is 0 Å². The lowest BCUT2D eigenvalue weighted by atomic mass is 10.0. The molecule has 0 aromatic rings. The van der Waals surface area contributed by atoms with E-state index >= 15 is 0 Å². The number of carbonyl (C=O) groups is 1. The van der Waals surface area contributed by atoms with Crippen molar-refractivity contribution < 1.29 is 29.6 Å². The molecule has 0 unspecified atom stereocenters. The van der Waals surface area contributed by atoms with Gasteiger partial charge in [-0.3, -0.25) is 0 Å². The summed E-state index contributed by atoms with van der Waals surface area (Å²) in [5.74, 6) is -0.931. The van der Waals surface area contributed by atoms with E-state index in [4.69, 9.17) is 9.47 Å². The molecule has 1 heterocycles. The SMILES string of the molecule is C[C@@H]1O[C@@H](OCCCCCCCCCCCCCCCC(=O)[O-])[C@H](O)C[C@H]1O. The highest BCUT2D eigenvalue weighted by atomic mass is 16.7. The van der Waals surface area contributed by atoms with E-state index in [1.165, 1.54) is 51.4 Å². The average Bonchev–Trinajstić information content (AvgIpc) is 2.65. The molecule has 6 nitrogen and oxygen atoms in total. The Hall–Kier alpha value is -0.690. The molecule has 1 saturated heterocycles. The van der Waals surface area contributed by atoms with Crippen molar-refractivity contribution in [3.8, 4) is 0 Å². The maximum Gasteiger partial charge on any atom is 0.183 e. The zero-order valence-corrected chi connectivity index (χ0v) is 17.7. The second kappa shape index (κ2) is 16.1. The third kappa shape index (κ3) is 12.7. The van der Waals surface area contributed by atoms with Crippen LogP contribution in [-0.4, -0.2) is 47.4 Å². The van der Waals surface area contributed by atoms with Crippen LogP contribution in [0.1, 0.15) is 103 Å². The second-order valence-electron chi connectivity index (χ2n) is 8.17. The van der Waals surface area contributed by atoms with Gasteiger partial charge < -0.3 is 29.6 Å². The van der Waals surface area contributed by atoms with Gasteiger partial charge >= 0.3 is 0 Å². The van der Waals surface area contributed by atoms with Gasteiger partial charge in [0.1, 0.15) is 6.10 Å². The zero-order chi connectivity index (χ0) is 20.6. The summed E-state index contributed by atoms with van der Waals surface area (Å²) in [5.41, 5.74) is 0. The predicted octanol–water partition coefficient (Wildman–Crippen LogP) is 3.07. The van der Waals surface area contributed by atoms with Crippen molar-refractivity contribution in [2.75, 3.05) is 6.61 Å². The maximum absolute atomic E-state index is 10.3. The molecule has 0 bridgehead atoms. The van der Waals surface area contributed by atoms with Gasteiger partial charge in [-0.05, 0) is 26.2 Å². The molecule has 0 radical (unpaired) electrons. The lowest BCUT2D eigenvalue weighted by Crippen LogP contribution is -2.47. The summed E-state index contributed by atoms with van der Waals surface area (Å²) >= 11 is 0. The van der Waals surface area contributed by atoms with Crippen molar-refractivity contribution in [1.29, 1.82) is 0 Å². The molecule has 0 aromatic carbocycles. The van der Waals surface area contributed by atoms with Gasteiger partial charge in [-0.1, -0.05) is 70.6 Å². The maximum atomic E-state index is 10.3. The van der Waals surface area contributed by atoms with Gasteiger partial charge in [-0.15, -0.1) is 0 Å². The van der Waals surface area contributed by atoms with Gasteiger partial charge in [0.25, 0.3) is 0 Å². The number of aliphatic hydroxyl groups is 2. The third-order valence-corrected chi connectivity index (χ3v) is 5.50. The number of rotatable bonds is 17. The van der Waals surface area contributed by atoms with E-state index in [0.29, 0.717) is 13.0 Å². The molecule has 0 spiro atoms. The Morgan fingerprint density at radius 1 is 0.857 bits per heavy atom. The van der Waals surface area contributed by atoms with Crippen molar-refractivity contribution in [1.82, 2.24) is 0 Å². The summed E-state index contributed by atoms with van der Waals surface area (Å²) in [6.07, 6.45) is 13.4. The van der Waals surface area contributed by atoms with Crippen LogP contribution in [-0.2, 0) is 14.3 Å². The molecule has 0 aromatic heterocycles. The normalized spacial score (nSPS) is 25.1. The smallest absolute Gasteiger partial charge is 0.183 e. The number of hydrogen-bond acceptors (Lipinski definition) is 6. The van der Waals surface area contributed by atoms with Crippen molar-refractivity contribution in [3.05, 3.63) is 0 Å². The van der Waals surface area contributed by atoms with E-state index in [2.05, 4.69) is 0 Å². The van der Waals surface area contributed by atoms with Crippen LogP contribution in [0.5, 0.6) is 0 Å². The number of carbonyl (C=O) groups excluding carboxylic acids is 1. The van der Waals surface area contributed by atoms with Crippen LogP contribution in [0.2, 0.25) is 0 Å². The standard InChI is InChI=1S/C22H42O6/c1-18-19(23)17-20(24)22(28-18)27-16-14-12-10-8-6-4-2-3-5-7-9-11-13-15-21(25)26/h18-20,22-24H,2-17H2,1H3,(H,25,26)/p-1/t18-,19+,20+,22+/m0/s1. The molecule has 166 valence electrons. The Bertz CT molecular complexity index is 389. The number of unbranched alkanes of at least 4 members (excludes halogenated alkanes) is 12. The number of hydrogen-bond donors (Lipinski definition) is 2. The highest BCUT2D eigenvalue weighted by molar-refractivity contribution is 5.63. The summed E-state index contributed by atoms with van der Waals surface area (Å²) in [5, 5.41) is 29.8. The summed E-state index contributed by atoms with van der Waals surface area (Å²) in [4.78, 5) is 10.3. The number of aliphatic carboxylic acids is 1. The predicted molar refractivity (Wildman–Crippen MR) is 107 cm³/mol. The summed E-state index contributed by atoms with van der Waals surface area (Å²) in [7, 11) is 0. The molecule has 28 heavy (non-hydrogen) atoms. The van der Waals surface area contributed by atoms with Gasteiger partial charge in [-0.2, -0.15) is 0 Å². The monoisotopic (exact) mass is 401 g/mol. The molecular formula is C22H41O6-. The van der Waals surface area contributed by atoms with Gasteiger partial charge in [0.05, 0.1) is 12.2 Å². The average molecular weight is 402 g/mol. The first-order chi connectivity index (χ1) is 13.5. The van der Waals surface area contributed by atoms with Gasteiger partial charge in [-0.25, -0.2) is 0 Å². The first-order valence-corrected chi connectivity index (χ1v) is 11.3. The van der Waals surface area contributed by atoms with Crippen LogP contribution in [0.25, 0.3) is 0 Å². The molecule has 1 fully saturated rings. The fourth-order valence-corrected chi connectivity index (χ4v) is 3.61. The summed E-state index contributed by atoms with van der Waals surface area (Å²) in [6.45, 7) is 2.39. The number of carboxylic acids is 1. The van der Waals surface area contributed by atoms with E-state index in [1.54, 1.807) is 6.92 Å². The third-order valence-electron chi connectivity index (χ3n) is 5.50. The van der Waals surface area contributed by atoms with Gasteiger partial charge in [0.15, 0.2) is 6.29 Å². The number of aliphatic hydroxyl groups excluding tert-OH is 2. The fraction of sp³-hybridized carbons (Fsp3) is 0.955. The Morgan fingerprint density at radius 2 is 1.32 bits per heavy atom. The molecule has 6 heteroatoms. The van der Waals surface area contributed by atoms with E-state index in [9.17, 15) is 20.1 Å². The molecule has 4 atom stereocenters. The van der Waals surface area contributed by atoms with E-state index < -0.39 is 24.5 Å². The zero-order valence-electron chi connectivity index (χ0n) is 17.7. The Morgan fingerprint density at radius 3 is 1.82 bits per heavy atom. The van der Waals surface area contributed by atoms with Crippen molar-refractivity contribution in [2.24, 2.45) is 0 Å². The van der Waals surface area contributed by atoms with E-state index in [-0.39, 0.29) is 12.5 Å². The van der Waals surface area contributed by atoms with Gasteiger partial charge in [0, 0.05) is 19.0 Å². The largest absolute Gasteiger partial charge is 0.550 e. The minimum absolute atomic E-state index is 0.200. The van der Waals surface area contributed by atoms with Crippen LogP contribution < -0.4 is 5.11 Å². The minimum atomic E-state index is -0.931. The number of carboxylic acid groups (broad SMARTS) is 1. The van der Waals surface area contributed by atoms with Crippen molar-refractivity contribution in [3.63, 3.8) is 0 Å². The lowest BCUT2D eigenvalue weighted by Gasteiger charge is -2.35. The topological polar surface area (TPSA) is 99.1 Å². The fourth-order valence-electron chi connectivity index (χ4n) is 3.61. The molecule has 1 aliphatic rings. The first kappa shape index (κ1) is 25.3. The molecule has 2 N–H and O–H groups in total. The van der Waals surface area contributed by atoms with Crippen LogP contribution in [0.3, 0.4) is 0 Å². The molecule has 0 aliphatic carbocycles. The van der Waals surface area contributed by atoms with Crippen LogP contribution >= 0.6 is 0 Å². The van der Waals surface area contributed by atoms with E-state index in [0.717, 1.165) is 32.1 Å². The highest BCUT2D eigenvalue weighted by Crippen LogP contribution is 2.21. The van der Waals surface area contributed by atoms with E-state index in [1.807, 2.05) is 0 Å². The summed E-state index contributed by atoms with van der Waals surface area (Å²) < 4.78 is 11.1. The van der Waals surface area contributed by atoms with Crippen molar-refractivity contribution in [2.45, 2.75) is 128 Å². The summed E-state index contributed by atoms with van der Waals surface area (Å²) in [6, 6.07) is 0. The molecule has 0 saturated carbocycles. The van der Waals surface area contributed by atoms with Crippen LogP contribution in [0.15, 0.2) is 0 Å². The van der Waals surface area contributed by atoms with Crippen LogP contribution in [0, 0.1) is 0 Å². The second-order valence-corrected chi connectivity index (χ2v) is 8.17. The first-order valence-electron chi connectivity index (χ1n) is 11.3. The molecule has 0 amide bonds. The molecular weight excluding hydrogens is 360 g/mol. The Balaban J connectivity index is 1.78. The lowest BCUT2D eigenvalue weighted by molar-refractivity contribution is -0.305. The van der Waals surface area contributed by atoms with Gasteiger partial charge in [0.2, 0.25) is 0 Å². The minimum Gasteiger partial charge on any atom is -0.550 e. The number of ether oxygens (including phenoxy) is 2. The van der Waals surface area contributed by atoms with Crippen molar-refractivity contribution >= 4 is 5.97 Å². The Labute approximate surface area is 170 Å². The quantitative estimate of drug-likeness (QED) is 0.363. The Kier molecular flexibility index (Phi) is 14.6.